The Morgan fingerprint density at radius 1 is 1.26 bits per heavy atom. The summed E-state index contributed by atoms with van der Waals surface area (Å²) in [4.78, 5) is 26.2. The van der Waals surface area contributed by atoms with Gasteiger partial charge in [-0.15, -0.1) is 11.8 Å². The van der Waals surface area contributed by atoms with Crippen molar-refractivity contribution in [1.82, 2.24) is 4.90 Å². The Morgan fingerprint density at radius 3 is 2.78 bits per heavy atom. The van der Waals surface area contributed by atoms with E-state index >= 15 is 0 Å². The molecule has 8 heteroatoms. The van der Waals surface area contributed by atoms with Gasteiger partial charge in [-0.25, -0.2) is 4.39 Å². The van der Waals surface area contributed by atoms with Gasteiger partial charge in [0.15, 0.2) is 0 Å². The largest absolute Gasteiger partial charge is 0.497 e. The fourth-order valence-corrected chi connectivity index (χ4v) is 4.04. The molecule has 1 N–H and O–H groups in total. The highest BCUT2D eigenvalue weighted by atomic mass is 32.2. The van der Waals surface area contributed by atoms with Gasteiger partial charge in [0.1, 0.15) is 29.2 Å². The van der Waals surface area contributed by atoms with Crippen molar-refractivity contribution in [2.24, 2.45) is 0 Å². The number of carbonyl (C=O) groups is 2. The van der Waals surface area contributed by atoms with E-state index in [1.54, 1.807) is 38.5 Å². The van der Waals surface area contributed by atoms with Crippen molar-refractivity contribution in [3.63, 3.8) is 0 Å². The van der Waals surface area contributed by atoms with Crippen LogP contribution >= 0.6 is 11.8 Å². The quantitative estimate of drug-likeness (QED) is 0.821. The molecule has 27 heavy (non-hydrogen) atoms. The van der Waals surface area contributed by atoms with Crippen molar-refractivity contribution in [3.05, 3.63) is 53.8 Å². The van der Waals surface area contributed by atoms with Crippen molar-refractivity contribution >= 4 is 29.3 Å². The van der Waals surface area contributed by atoms with Crippen molar-refractivity contribution in [2.75, 3.05) is 31.8 Å². The van der Waals surface area contributed by atoms with E-state index in [0.29, 0.717) is 17.2 Å². The smallest absolute Gasteiger partial charge is 0.244 e. The van der Waals surface area contributed by atoms with Gasteiger partial charge < -0.3 is 19.7 Å². The molecule has 1 atom stereocenters. The lowest BCUT2D eigenvalue weighted by molar-refractivity contribution is -0.132. The van der Waals surface area contributed by atoms with Crippen LogP contribution in [-0.4, -0.2) is 43.2 Å². The molecule has 1 saturated heterocycles. The summed E-state index contributed by atoms with van der Waals surface area (Å²) in [5.41, 5.74) is 1.10. The number of thioether (sulfide) groups is 1. The second-order valence-corrected chi connectivity index (χ2v) is 6.92. The molecule has 0 spiro atoms. The Hall–Kier alpha value is -2.74. The summed E-state index contributed by atoms with van der Waals surface area (Å²) < 4.78 is 23.9. The SMILES string of the molecule is COc1ccc(OC)c(C2SCC(=O)N2CC(=O)Nc2cccc(F)c2)c1. The Kier molecular flexibility index (Phi) is 5.85. The molecule has 1 aliphatic rings. The second kappa shape index (κ2) is 8.30. The highest BCUT2D eigenvalue weighted by Crippen LogP contribution is 2.43. The number of amides is 2. The van der Waals surface area contributed by atoms with Crippen LogP contribution in [0.1, 0.15) is 10.9 Å². The Morgan fingerprint density at radius 2 is 2.07 bits per heavy atom. The number of ether oxygens (including phenoxy) is 2. The van der Waals surface area contributed by atoms with Crippen molar-refractivity contribution < 1.29 is 23.5 Å². The van der Waals surface area contributed by atoms with Crippen LogP contribution in [0.5, 0.6) is 11.5 Å². The number of carbonyl (C=O) groups excluding carboxylic acids is 2. The van der Waals surface area contributed by atoms with Gasteiger partial charge in [-0.05, 0) is 36.4 Å². The number of rotatable bonds is 6. The molecule has 0 bridgehead atoms. The lowest BCUT2D eigenvalue weighted by Crippen LogP contribution is -2.36. The van der Waals surface area contributed by atoms with Gasteiger partial charge >= 0.3 is 0 Å². The number of nitrogens with zero attached hydrogens (tertiary/aromatic N) is 1. The van der Waals surface area contributed by atoms with Gasteiger partial charge in [0.2, 0.25) is 11.8 Å². The summed E-state index contributed by atoms with van der Waals surface area (Å²) in [5, 5.41) is 2.24. The van der Waals surface area contributed by atoms with E-state index in [1.165, 1.54) is 34.9 Å². The Balaban J connectivity index is 1.79. The first-order chi connectivity index (χ1) is 13.0. The van der Waals surface area contributed by atoms with Gasteiger partial charge in [-0.3, -0.25) is 9.59 Å². The van der Waals surface area contributed by atoms with Crippen LogP contribution in [0.4, 0.5) is 10.1 Å². The van der Waals surface area contributed by atoms with E-state index in [4.69, 9.17) is 9.47 Å². The van der Waals surface area contributed by atoms with E-state index in [0.717, 1.165) is 5.56 Å². The number of methoxy groups -OCH3 is 2. The molecule has 1 unspecified atom stereocenters. The van der Waals surface area contributed by atoms with Crippen molar-refractivity contribution in [2.45, 2.75) is 5.37 Å². The predicted molar refractivity (Wildman–Crippen MR) is 101 cm³/mol. The standard InChI is InChI=1S/C19H19FN2O4S/c1-25-14-6-7-16(26-2)15(9-14)19-22(18(24)11-27-19)10-17(23)21-13-5-3-4-12(20)8-13/h3-9,19H,10-11H2,1-2H3,(H,21,23). The molecule has 0 radical (unpaired) electrons. The Labute approximate surface area is 160 Å². The Bertz CT molecular complexity index is 861. The first-order valence-corrected chi connectivity index (χ1v) is 9.25. The third-order valence-corrected chi connectivity index (χ3v) is 5.33. The zero-order valence-corrected chi connectivity index (χ0v) is 15.7. The molecule has 2 aromatic carbocycles. The summed E-state index contributed by atoms with van der Waals surface area (Å²) in [5.74, 6) is 0.513. The first-order valence-electron chi connectivity index (χ1n) is 8.20. The second-order valence-electron chi connectivity index (χ2n) is 5.85. The fourth-order valence-electron chi connectivity index (χ4n) is 2.84. The van der Waals surface area contributed by atoms with Crippen LogP contribution in [0.2, 0.25) is 0 Å². The lowest BCUT2D eigenvalue weighted by Gasteiger charge is -2.25. The van der Waals surface area contributed by atoms with Crippen molar-refractivity contribution in [1.29, 1.82) is 0 Å². The lowest BCUT2D eigenvalue weighted by atomic mass is 10.1. The zero-order valence-electron chi connectivity index (χ0n) is 14.9. The highest BCUT2D eigenvalue weighted by Gasteiger charge is 2.36. The van der Waals surface area contributed by atoms with Crippen molar-refractivity contribution in [3.8, 4) is 11.5 Å². The molecule has 2 amide bonds. The minimum absolute atomic E-state index is 0.145. The molecular formula is C19H19FN2O4S. The third kappa shape index (κ3) is 4.33. The average Bonchev–Trinajstić information content (AvgIpc) is 3.01. The molecule has 1 aliphatic heterocycles. The average molecular weight is 390 g/mol. The normalized spacial score (nSPS) is 16.3. The summed E-state index contributed by atoms with van der Waals surface area (Å²) >= 11 is 1.41. The molecule has 1 heterocycles. The number of anilines is 1. The molecular weight excluding hydrogens is 371 g/mol. The predicted octanol–water partition coefficient (Wildman–Crippen LogP) is 3.06. The molecule has 0 aliphatic carbocycles. The molecule has 3 rings (SSSR count). The van der Waals surface area contributed by atoms with Crippen LogP contribution in [0.25, 0.3) is 0 Å². The molecule has 6 nitrogen and oxygen atoms in total. The van der Waals surface area contributed by atoms with E-state index in [9.17, 15) is 14.0 Å². The van der Waals surface area contributed by atoms with Crippen LogP contribution < -0.4 is 14.8 Å². The monoisotopic (exact) mass is 390 g/mol. The number of benzene rings is 2. The summed E-state index contributed by atoms with van der Waals surface area (Å²) in [7, 11) is 3.11. The first kappa shape index (κ1) is 19.0. The van der Waals surface area contributed by atoms with E-state index in [-0.39, 0.29) is 23.6 Å². The maximum absolute atomic E-state index is 13.3. The number of hydrogen-bond donors (Lipinski definition) is 1. The van der Waals surface area contributed by atoms with Gasteiger partial charge in [0.05, 0.1) is 20.0 Å². The number of nitrogens with one attached hydrogen (secondary N) is 1. The van der Waals surface area contributed by atoms with Crippen LogP contribution in [0.3, 0.4) is 0 Å². The minimum atomic E-state index is -0.445. The third-order valence-electron chi connectivity index (χ3n) is 4.09. The summed E-state index contributed by atoms with van der Waals surface area (Å²) in [6.07, 6.45) is 0. The van der Waals surface area contributed by atoms with E-state index < -0.39 is 11.7 Å². The number of hydrogen-bond acceptors (Lipinski definition) is 5. The number of halogens is 1. The highest BCUT2D eigenvalue weighted by molar-refractivity contribution is 8.00. The van der Waals surface area contributed by atoms with Gasteiger partial charge in [0, 0.05) is 11.3 Å². The molecule has 142 valence electrons. The van der Waals surface area contributed by atoms with Gasteiger partial charge in [-0.2, -0.15) is 0 Å². The zero-order chi connectivity index (χ0) is 19.4. The molecule has 2 aromatic rings. The van der Waals surface area contributed by atoms with E-state index in [2.05, 4.69) is 5.32 Å². The maximum Gasteiger partial charge on any atom is 0.244 e. The molecule has 0 aromatic heterocycles. The minimum Gasteiger partial charge on any atom is -0.497 e. The van der Waals surface area contributed by atoms with Crippen LogP contribution in [0.15, 0.2) is 42.5 Å². The molecule has 1 fully saturated rings. The van der Waals surface area contributed by atoms with E-state index in [1.807, 2.05) is 0 Å². The summed E-state index contributed by atoms with van der Waals surface area (Å²) in [6, 6.07) is 10.9. The van der Waals surface area contributed by atoms with Crippen LogP contribution in [-0.2, 0) is 9.59 Å². The summed E-state index contributed by atoms with van der Waals surface area (Å²) in [6.45, 7) is -0.145. The van der Waals surface area contributed by atoms with Gasteiger partial charge in [-0.1, -0.05) is 6.07 Å². The van der Waals surface area contributed by atoms with Crippen LogP contribution in [0, 0.1) is 5.82 Å². The fraction of sp³-hybridized carbons (Fsp3) is 0.263. The van der Waals surface area contributed by atoms with Gasteiger partial charge in [0.25, 0.3) is 0 Å². The maximum atomic E-state index is 13.3. The molecule has 0 saturated carbocycles. The topological polar surface area (TPSA) is 67.9 Å².